The highest BCUT2D eigenvalue weighted by Crippen LogP contribution is 2.36. The minimum atomic E-state index is -1.98. The van der Waals surface area contributed by atoms with E-state index in [2.05, 4.69) is 20.7 Å². The van der Waals surface area contributed by atoms with E-state index in [4.69, 9.17) is 15.2 Å². The number of alkyl halides is 1. The summed E-state index contributed by atoms with van der Waals surface area (Å²) in [6.45, 7) is 1.69. The third kappa shape index (κ3) is 4.72. The van der Waals surface area contributed by atoms with Gasteiger partial charge in [-0.25, -0.2) is 9.18 Å². The van der Waals surface area contributed by atoms with Crippen LogP contribution in [0.15, 0.2) is 16.6 Å². The topological polar surface area (TPSA) is 70.8 Å². The molecule has 5 nitrogen and oxygen atoms in total. The molecule has 0 aliphatic rings. The van der Waals surface area contributed by atoms with Gasteiger partial charge in [0.1, 0.15) is 11.5 Å². The maximum absolute atomic E-state index is 14.0. The largest absolute Gasteiger partial charge is 0.496 e. The first-order valence-electron chi connectivity index (χ1n) is 5.93. The summed E-state index contributed by atoms with van der Waals surface area (Å²) in [6, 6.07) is 1.93. The zero-order valence-corrected chi connectivity index (χ0v) is 14.3. The van der Waals surface area contributed by atoms with Crippen LogP contribution in [0.5, 0.6) is 11.5 Å². The van der Waals surface area contributed by atoms with Gasteiger partial charge in [0.05, 0.1) is 31.3 Å². The predicted octanol–water partition coefficient (Wildman–Crippen LogP) is 2.79. The predicted molar refractivity (Wildman–Crippen MR) is 83.0 cm³/mol. The van der Waals surface area contributed by atoms with Crippen LogP contribution in [0.4, 0.5) is 4.39 Å². The molecule has 21 heavy (non-hydrogen) atoms. The van der Waals surface area contributed by atoms with Crippen LogP contribution in [0.3, 0.4) is 0 Å². The van der Waals surface area contributed by atoms with Gasteiger partial charge < -0.3 is 19.9 Å². The number of ether oxygens (including phenoxy) is 3. The van der Waals surface area contributed by atoms with Crippen LogP contribution in [-0.4, -0.2) is 33.0 Å². The molecule has 0 heterocycles. The Bertz CT molecular complexity index is 489. The minimum absolute atomic E-state index is 0. The van der Waals surface area contributed by atoms with Gasteiger partial charge in [-0.2, -0.15) is 0 Å². The van der Waals surface area contributed by atoms with Crippen molar-refractivity contribution in [1.29, 1.82) is 0 Å². The number of hydrogen-bond donors (Lipinski definition) is 1. The minimum Gasteiger partial charge on any atom is -0.496 e. The Morgan fingerprint density at radius 2 is 1.90 bits per heavy atom. The molecule has 0 aliphatic heterocycles. The highest BCUT2D eigenvalue weighted by Gasteiger charge is 2.30. The van der Waals surface area contributed by atoms with Crippen molar-refractivity contribution in [3.8, 4) is 11.5 Å². The molecular formula is C13H18BrClFNO4. The zero-order valence-electron chi connectivity index (χ0n) is 11.9. The first kappa shape index (κ1) is 19.9. The van der Waals surface area contributed by atoms with E-state index in [1.165, 1.54) is 20.3 Å². The summed E-state index contributed by atoms with van der Waals surface area (Å²) in [5.41, 5.74) is 6.12. The molecule has 0 bridgehead atoms. The van der Waals surface area contributed by atoms with Crippen molar-refractivity contribution >= 4 is 34.3 Å². The normalized spacial score (nSPS) is 12.9. The molecule has 120 valence electrons. The Labute approximate surface area is 137 Å². The molecule has 0 aromatic heterocycles. The number of hydrogen-bond acceptors (Lipinski definition) is 5. The summed E-state index contributed by atoms with van der Waals surface area (Å²) < 4.78 is 29.5. The standard InChI is InChI=1S/C13H17BrFNO4.ClH/c1-4-20-13(17)11(15)12(16)7-5-10(19-3)8(14)6-9(7)18-2;/h5-6,11-12H,4,16H2,1-3H3;1H/t11?,12-;/m0./s1. The van der Waals surface area contributed by atoms with E-state index in [0.717, 1.165) is 0 Å². The zero-order chi connectivity index (χ0) is 15.3. The lowest BCUT2D eigenvalue weighted by Crippen LogP contribution is -2.31. The number of nitrogens with two attached hydrogens (primary N) is 1. The van der Waals surface area contributed by atoms with Crippen molar-refractivity contribution in [2.45, 2.75) is 19.1 Å². The van der Waals surface area contributed by atoms with Gasteiger partial charge in [0.15, 0.2) is 0 Å². The van der Waals surface area contributed by atoms with E-state index in [-0.39, 0.29) is 19.0 Å². The van der Waals surface area contributed by atoms with Gasteiger partial charge in [-0.05, 0) is 35.0 Å². The molecule has 0 fully saturated rings. The van der Waals surface area contributed by atoms with Gasteiger partial charge in [0.2, 0.25) is 6.17 Å². The number of carbonyl (C=O) groups is 1. The fraction of sp³-hybridized carbons (Fsp3) is 0.462. The number of methoxy groups -OCH3 is 2. The molecule has 2 atom stereocenters. The fourth-order valence-electron chi connectivity index (χ4n) is 1.67. The molecular weight excluding hydrogens is 369 g/mol. The smallest absolute Gasteiger partial charge is 0.342 e. The summed E-state index contributed by atoms with van der Waals surface area (Å²) in [5, 5.41) is 0. The van der Waals surface area contributed by atoms with E-state index in [1.807, 2.05) is 0 Å². The van der Waals surface area contributed by atoms with E-state index >= 15 is 0 Å². The lowest BCUT2D eigenvalue weighted by molar-refractivity contribution is -0.149. The summed E-state index contributed by atoms with van der Waals surface area (Å²) in [4.78, 5) is 11.4. The Kier molecular flexibility index (Phi) is 8.61. The number of benzene rings is 1. The van der Waals surface area contributed by atoms with Crippen molar-refractivity contribution in [3.63, 3.8) is 0 Å². The maximum atomic E-state index is 14.0. The molecule has 0 aliphatic carbocycles. The van der Waals surface area contributed by atoms with Crippen molar-refractivity contribution in [3.05, 3.63) is 22.2 Å². The van der Waals surface area contributed by atoms with Gasteiger partial charge in [0.25, 0.3) is 0 Å². The van der Waals surface area contributed by atoms with Crippen LogP contribution in [0, 0.1) is 0 Å². The van der Waals surface area contributed by atoms with Crippen LogP contribution in [-0.2, 0) is 9.53 Å². The van der Waals surface area contributed by atoms with Crippen molar-refractivity contribution < 1.29 is 23.4 Å². The number of halogens is 3. The SMILES string of the molecule is CCOC(=O)C(F)[C@@H](N)c1cc(OC)c(Br)cc1OC.Cl. The van der Waals surface area contributed by atoms with Gasteiger partial charge in [-0.15, -0.1) is 12.4 Å². The number of carbonyl (C=O) groups excluding carboxylic acids is 1. The van der Waals surface area contributed by atoms with E-state index in [0.29, 0.717) is 21.5 Å². The summed E-state index contributed by atoms with van der Waals surface area (Å²) >= 11 is 3.29. The fourth-order valence-corrected chi connectivity index (χ4v) is 2.15. The number of esters is 1. The molecule has 2 N–H and O–H groups in total. The van der Waals surface area contributed by atoms with E-state index in [9.17, 15) is 9.18 Å². The van der Waals surface area contributed by atoms with Crippen LogP contribution < -0.4 is 15.2 Å². The molecule has 0 radical (unpaired) electrons. The van der Waals surface area contributed by atoms with Crippen molar-refractivity contribution in [1.82, 2.24) is 0 Å². The van der Waals surface area contributed by atoms with Crippen molar-refractivity contribution in [2.24, 2.45) is 5.73 Å². The van der Waals surface area contributed by atoms with Crippen LogP contribution in [0.25, 0.3) is 0 Å². The van der Waals surface area contributed by atoms with Crippen molar-refractivity contribution in [2.75, 3.05) is 20.8 Å². The first-order valence-corrected chi connectivity index (χ1v) is 6.73. The monoisotopic (exact) mass is 385 g/mol. The molecule has 1 aromatic carbocycles. The summed E-state index contributed by atoms with van der Waals surface area (Å²) in [7, 11) is 2.90. The summed E-state index contributed by atoms with van der Waals surface area (Å²) in [6.07, 6.45) is -1.98. The summed E-state index contributed by atoms with van der Waals surface area (Å²) in [5.74, 6) is -0.173. The van der Waals surface area contributed by atoms with Crippen LogP contribution >= 0.6 is 28.3 Å². The van der Waals surface area contributed by atoms with E-state index < -0.39 is 18.2 Å². The van der Waals surface area contributed by atoms with E-state index in [1.54, 1.807) is 13.0 Å². The average molecular weight is 387 g/mol. The molecule has 0 spiro atoms. The molecule has 0 saturated heterocycles. The quantitative estimate of drug-likeness (QED) is 0.761. The van der Waals surface area contributed by atoms with Crippen LogP contribution in [0.2, 0.25) is 0 Å². The molecule has 1 rings (SSSR count). The Hall–Kier alpha value is -1.05. The lowest BCUT2D eigenvalue weighted by Gasteiger charge is -2.19. The lowest BCUT2D eigenvalue weighted by atomic mass is 10.0. The van der Waals surface area contributed by atoms with Gasteiger partial charge in [0, 0.05) is 5.56 Å². The van der Waals surface area contributed by atoms with Crippen LogP contribution in [0.1, 0.15) is 18.5 Å². The Balaban J connectivity index is 0.00000400. The maximum Gasteiger partial charge on any atom is 0.342 e. The third-order valence-electron chi connectivity index (χ3n) is 2.69. The third-order valence-corrected chi connectivity index (χ3v) is 3.31. The molecule has 0 saturated carbocycles. The second-order valence-corrected chi connectivity index (χ2v) is 4.76. The Morgan fingerprint density at radius 1 is 1.33 bits per heavy atom. The highest BCUT2D eigenvalue weighted by atomic mass is 79.9. The molecule has 0 amide bonds. The first-order chi connectivity index (χ1) is 9.46. The number of rotatable bonds is 6. The van der Waals surface area contributed by atoms with Gasteiger partial charge in [-0.1, -0.05) is 0 Å². The molecule has 1 aromatic rings. The second kappa shape index (κ2) is 9.07. The molecule has 1 unspecified atom stereocenters. The second-order valence-electron chi connectivity index (χ2n) is 3.91. The highest BCUT2D eigenvalue weighted by molar-refractivity contribution is 9.10. The van der Waals surface area contributed by atoms with Gasteiger partial charge in [-0.3, -0.25) is 0 Å². The average Bonchev–Trinajstić information content (AvgIpc) is 2.45. The molecule has 8 heteroatoms. The Morgan fingerprint density at radius 3 is 2.38 bits per heavy atom. The van der Waals surface area contributed by atoms with Gasteiger partial charge >= 0.3 is 5.97 Å².